The van der Waals surface area contributed by atoms with Crippen molar-refractivity contribution in [2.75, 3.05) is 0 Å². The number of rotatable bonds is 4. The summed E-state index contributed by atoms with van der Waals surface area (Å²) < 4.78 is 0. The Morgan fingerprint density at radius 1 is 1.59 bits per heavy atom. The summed E-state index contributed by atoms with van der Waals surface area (Å²) in [6, 6.07) is 4.02. The molecule has 1 heterocycles. The van der Waals surface area contributed by atoms with Crippen LogP contribution in [0.4, 0.5) is 0 Å². The van der Waals surface area contributed by atoms with E-state index < -0.39 is 0 Å². The highest BCUT2D eigenvalue weighted by atomic mass is 16.4. The predicted molar refractivity (Wildman–Crippen MR) is 62.6 cm³/mol. The monoisotopic (exact) mass is 236 g/mol. The van der Waals surface area contributed by atoms with Gasteiger partial charge in [0.2, 0.25) is 0 Å². The molecule has 0 amide bonds. The number of pyridine rings is 1. The fourth-order valence-electron chi connectivity index (χ4n) is 1.87. The van der Waals surface area contributed by atoms with Crippen LogP contribution in [0.5, 0.6) is 0 Å². The summed E-state index contributed by atoms with van der Waals surface area (Å²) in [4.78, 5) is 4.08. The summed E-state index contributed by atoms with van der Waals surface area (Å²) in [6.45, 7) is 0.594. The van der Waals surface area contributed by atoms with E-state index in [4.69, 9.17) is 10.9 Å². The molecule has 0 atom stereocenters. The topological polar surface area (TPSA) is 104 Å². The summed E-state index contributed by atoms with van der Waals surface area (Å²) in [6.07, 6.45) is 2.98. The molecule has 1 saturated carbocycles. The van der Waals surface area contributed by atoms with Crippen molar-refractivity contribution in [3.05, 3.63) is 29.6 Å². The van der Waals surface area contributed by atoms with Crippen molar-refractivity contribution < 1.29 is 10.3 Å². The van der Waals surface area contributed by atoms with Gasteiger partial charge in [0, 0.05) is 18.8 Å². The maximum Gasteiger partial charge on any atom is 0.189 e. The molecule has 0 bridgehead atoms. The van der Waals surface area contributed by atoms with Gasteiger partial charge in [-0.25, -0.2) is 0 Å². The molecule has 0 aliphatic heterocycles. The number of nitrogens with one attached hydrogen (secondary N) is 1. The Morgan fingerprint density at radius 3 is 3.00 bits per heavy atom. The van der Waals surface area contributed by atoms with Crippen LogP contribution in [-0.4, -0.2) is 33.3 Å². The van der Waals surface area contributed by atoms with Crippen LogP contribution in [0.25, 0.3) is 0 Å². The summed E-state index contributed by atoms with van der Waals surface area (Å²) in [5, 5.41) is 24.1. The van der Waals surface area contributed by atoms with Gasteiger partial charge in [-0.05, 0) is 24.5 Å². The Hall–Kier alpha value is -1.66. The highest BCUT2D eigenvalue weighted by molar-refractivity contribution is 5.96. The van der Waals surface area contributed by atoms with Crippen LogP contribution in [0.3, 0.4) is 0 Å². The van der Waals surface area contributed by atoms with Crippen molar-refractivity contribution in [1.29, 1.82) is 0 Å². The maximum atomic E-state index is 9.17. The molecule has 0 radical (unpaired) electrons. The van der Waals surface area contributed by atoms with Crippen molar-refractivity contribution in [2.45, 2.75) is 31.5 Å². The van der Waals surface area contributed by atoms with Gasteiger partial charge >= 0.3 is 0 Å². The number of aliphatic hydroxyl groups excluding tert-OH is 1. The van der Waals surface area contributed by atoms with Crippen LogP contribution in [-0.2, 0) is 6.54 Å². The van der Waals surface area contributed by atoms with Crippen molar-refractivity contribution in [1.82, 2.24) is 10.3 Å². The van der Waals surface area contributed by atoms with Gasteiger partial charge in [0.15, 0.2) is 5.84 Å². The van der Waals surface area contributed by atoms with Gasteiger partial charge in [-0.1, -0.05) is 11.2 Å². The SMILES string of the molecule is NC(=NO)c1ncccc1CNC1CC(O)C1. The maximum absolute atomic E-state index is 9.17. The summed E-state index contributed by atoms with van der Waals surface area (Å²) >= 11 is 0. The van der Waals surface area contributed by atoms with E-state index in [9.17, 15) is 5.11 Å². The van der Waals surface area contributed by atoms with Crippen LogP contribution in [0.15, 0.2) is 23.5 Å². The van der Waals surface area contributed by atoms with Crippen molar-refractivity contribution in [3.63, 3.8) is 0 Å². The zero-order valence-electron chi connectivity index (χ0n) is 9.37. The third kappa shape index (κ3) is 2.72. The zero-order valence-corrected chi connectivity index (χ0v) is 9.37. The van der Waals surface area contributed by atoms with Gasteiger partial charge in [0.1, 0.15) is 5.69 Å². The standard InChI is InChI=1S/C11H16N4O2/c12-11(15-17)10-7(2-1-3-13-10)6-14-8-4-9(16)5-8/h1-3,8-9,14,16-17H,4-6H2,(H2,12,15). The van der Waals surface area contributed by atoms with Gasteiger partial charge in [-0.2, -0.15) is 0 Å². The molecule has 92 valence electrons. The van der Waals surface area contributed by atoms with Crippen LogP contribution in [0.2, 0.25) is 0 Å². The summed E-state index contributed by atoms with van der Waals surface area (Å²) in [5.74, 6) is 0.0102. The van der Waals surface area contributed by atoms with E-state index >= 15 is 0 Å². The van der Waals surface area contributed by atoms with E-state index in [0.717, 1.165) is 18.4 Å². The quantitative estimate of drug-likeness (QED) is 0.251. The lowest BCUT2D eigenvalue weighted by Gasteiger charge is -2.32. The molecule has 1 aliphatic carbocycles. The number of nitrogens with two attached hydrogens (primary N) is 1. The Kier molecular flexibility index (Phi) is 3.55. The first-order valence-electron chi connectivity index (χ1n) is 5.54. The lowest BCUT2D eigenvalue weighted by atomic mass is 9.89. The molecule has 1 fully saturated rings. The molecule has 5 N–H and O–H groups in total. The number of hydrogen-bond donors (Lipinski definition) is 4. The minimum atomic E-state index is -0.176. The molecule has 0 saturated heterocycles. The number of amidine groups is 1. The number of aromatic nitrogens is 1. The second-order valence-corrected chi connectivity index (χ2v) is 4.20. The minimum absolute atomic E-state index is 0.0102. The Morgan fingerprint density at radius 2 is 2.35 bits per heavy atom. The van der Waals surface area contributed by atoms with E-state index in [0.29, 0.717) is 18.3 Å². The number of hydrogen-bond acceptors (Lipinski definition) is 5. The number of aliphatic hydroxyl groups is 1. The van der Waals surface area contributed by atoms with Crippen molar-refractivity contribution >= 4 is 5.84 Å². The highest BCUT2D eigenvalue weighted by Gasteiger charge is 2.26. The molecule has 1 aromatic rings. The van der Waals surface area contributed by atoms with E-state index in [1.807, 2.05) is 6.07 Å². The Balaban J connectivity index is 2.00. The van der Waals surface area contributed by atoms with Gasteiger partial charge in [-0.15, -0.1) is 0 Å². The fraction of sp³-hybridized carbons (Fsp3) is 0.455. The first-order chi connectivity index (χ1) is 8.20. The molecule has 17 heavy (non-hydrogen) atoms. The molecule has 0 aromatic carbocycles. The second kappa shape index (κ2) is 5.11. The lowest BCUT2D eigenvalue weighted by molar-refractivity contribution is 0.0619. The zero-order chi connectivity index (χ0) is 12.3. The second-order valence-electron chi connectivity index (χ2n) is 4.20. The fourth-order valence-corrected chi connectivity index (χ4v) is 1.87. The molecule has 1 aliphatic rings. The normalized spacial score (nSPS) is 24.4. The van der Waals surface area contributed by atoms with Crippen LogP contribution < -0.4 is 11.1 Å². The van der Waals surface area contributed by atoms with Gasteiger partial charge in [0.25, 0.3) is 0 Å². The molecular weight excluding hydrogens is 220 g/mol. The Bertz CT molecular complexity index is 416. The number of nitrogens with zero attached hydrogens (tertiary/aromatic N) is 2. The molecule has 0 spiro atoms. The van der Waals surface area contributed by atoms with Crippen LogP contribution in [0.1, 0.15) is 24.1 Å². The van der Waals surface area contributed by atoms with E-state index in [1.54, 1.807) is 12.3 Å². The predicted octanol–water partition coefficient (Wildman–Crippen LogP) is -0.211. The first kappa shape index (κ1) is 11.8. The lowest BCUT2D eigenvalue weighted by Crippen LogP contribution is -2.43. The highest BCUT2D eigenvalue weighted by Crippen LogP contribution is 2.20. The average Bonchev–Trinajstić information content (AvgIpc) is 2.32. The van der Waals surface area contributed by atoms with Gasteiger partial charge < -0.3 is 21.4 Å². The molecule has 1 aromatic heterocycles. The number of oxime groups is 1. The summed E-state index contributed by atoms with van der Waals surface area (Å²) in [5.41, 5.74) is 6.91. The summed E-state index contributed by atoms with van der Waals surface area (Å²) in [7, 11) is 0. The van der Waals surface area contributed by atoms with Crippen molar-refractivity contribution in [2.24, 2.45) is 10.9 Å². The largest absolute Gasteiger partial charge is 0.409 e. The van der Waals surface area contributed by atoms with Gasteiger partial charge in [-0.3, -0.25) is 4.98 Å². The van der Waals surface area contributed by atoms with E-state index in [-0.39, 0.29) is 11.9 Å². The van der Waals surface area contributed by atoms with Crippen LogP contribution in [0, 0.1) is 0 Å². The minimum Gasteiger partial charge on any atom is -0.409 e. The molecule has 6 heteroatoms. The van der Waals surface area contributed by atoms with Gasteiger partial charge in [0.05, 0.1) is 6.10 Å². The molecule has 0 unspecified atom stereocenters. The molecular formula is C11H16N4O2. The van der Waals surface area contributed by atoms with Crippen LogP contribution >= 0.6 is 0 Å². The Labute approximate surface area is 99.2 Å². The van der Waals surface area contributed by atoms with Crippen molar-refractivity contribution in [3.8, 4) is 0 Å². The first-order valence-corrected chi connectivity index (χ1v) is 5.54. The third-order valence-corrected chi connectivity index (χ3v) is 2.94. The van der Waals surface area contributed by atoms with E-state index in [2.05, 4.69) is 15.5 Å². The average molecular weight is 236 g/mol. The van der Waals surface area contributed by atoms with E-state index in [1.165, 1.54) is 0 Å². The smallest absolute Gasteiger partial charge is 0.189 e. The third-order valence-electron chi connectivity index (χ3n) is 2.94. The molecule has 2 rings (SSSR count). The molecule has 6 nitrogen and oxygen atoms in total.